The number of aryl methyl sites for hydroxylation is 3. The van der Waals surface area contributed by atoms with Crippen LogP contribution in [0.25, 0.3) is 11.0 Å². The van der Waals surface area contributed by atoms with E-state index in [0.29, 0.717) is 44.9 Å². The predicted molar refractivity (Wildman–Crippen MR) is 231 cm³/mol. The average Bonchev–Trinajstić information content (AvgIpc) is 3.67. The second-order valence-corrected chi connectivity index (χ2v) is 15.9. The number of benzene rings is 4. The van der Waals surface area contributed by atoms with Gasteiger partial charge in [0.05, 0.1) is 69.1 Å². The maximum absolute atomic E-state index is 15.6. The number of nitrogens with one attached hydrogen (secondary N) is 1. The first kappa shape index (κ1) is 40.8. The molecule has 2 amide bonds. The van der Waals surface area contributed by atoms with Crippen molar-refractivity contribution < 1.29 is 33.6 Å². The van der Waals surface area contributed by atoms with E-state index in [1.165, 1.54) is 54.5 Å². The summed E-state index contributed by atoms with van der Waals surface area (Å²) >= 11 is 0. The summed E-state index contributed by atoms with van der Waals surface area (Å²) in [6.07, 6.45) is 1.72. The molecule has 1 aliphatic carbocycles. The molecule has 4 unspecified atom stereocenters. The van der Waals surface area contributed by atoms with Gasteiger partial charge in [-0.3, -0.25) is 19.8 Å². The standard InChI is InChI=1S/C46H45N7O10/c1-25-12-14-27(15-13-25)48-52-41(55)30-22-33-29(40(39-37(62-5)20-28(54)21-38(39)63-6)46(30,43(52)57)26-10-8-7-9-11-26)16-19-51-44(58)50(45(59)53(33)51)18-17-31-42(56)49(2)34-24-36(61-4)35(60-3)23-32(34)47-31/h7-16,20-21,23-24,30,33,40,48,54H,17-19,22H2,1-6H3. The van der Waals surface area contributed by atoms with Crippen molar-refractivity contribution in [2.75, 3.05) is 33.9 Å². The molecule has 4 heterocycles. The van der Waals surface area contributed by atoms with Crippen molar-refractivity contribution in [3.63, 3.8) is 0 Å². The molecule has 9 rings (SSSR count). The smallest absolute Gasteiger partial charge is 0.347 e. The van der Waals surface area contributed by atoms with Crippen LogP contribution in [0, 0.1) is 12.8 Å². The Morgan fingerprint density at radius 3 is 2.13 bits per heavy atom. The Labute approximate surface area is 359 Å². The molecular weight excluding hydrogens is 811 g/mol. The number of ether oxygens (including phenoxy) is 4. The lowest BCUT2D eigenvalue weighted by Gasteiger charge is -2.49. The van der Waals surface area contributed by atoms with Crippen molar-refractivity contribution >= 4 is 28.5 Å². The molecule has 2 aromatic heterocycles. The van der Waals surface area contributed by atoms with Crippen molar-refractivity contribution in [1.29, 1.82) is 0 Å². The van der Waals surface area contributed by atoms with Crippen molar-refractivity contribution in [3.05, 3.63) is 144 Å². The van der Waals surface area contributed by atoms with Crippen LogP contribution in [0.1, 0.15) is 40.8 Å². The van der Waals surface area contributed by atoms with Gasteiger partial charge in [-0.25, -0.2) is 28.5 Å². The van der Waals surface area contributed by atoms with Gasteiger partial charge in [0.15, 0.2) is 11.5 Å². The predicted octanol–water partition coefficient (Wildman–Crippen LogP) is 3.97. The van der Waals surface area contributed by atoms with Gasteiger partial charge < -0.3 is 28.6 Å². The largest absolute Gasteiger partial charge is 0.508 e. The van der Waals surface area contributed by atoms with Crippen LogP contribution in [0.3, 0.4) is 0 Å². The zero-order valence-electron chi connectivity index (χ0n) is 35.4. The highest BCUT2D eigenvalue weighted by Gasteiger charge is 2.69. The number of hydrazine groups is 1. The number of hydrogen-bond acceptors (Lipinski definition) is 12. The molecule has 3 aliphatic rings. The Morgan fingerprint density at radius 1 is 0.825 bits per heavy atom. The highest BCUT2D eigenvalue weighted by Crippen LogP contribution is 2.64. The zero-order chi connectivity index (χ0) is 44.5. The Balaban J connectivity index is 1.20. The van der Waals surface area contributed by atoms with Crippen LogP contribution >= 0.6 is 0 Å². The number of allylic oxidation sites excluding steroid dienone is 2. The molecule has 0 bridgehead atoms. The van der Waals surface area contributed by atoms with Gasteiger partial charge in [0.1, 0.15) is 22.9 Å². The number of aromatic nitrogens is 5. The van der Waals surface area contributed by atoms with Crippen molar-refractivity contribution in [1.82, 2.24) is 28.5 Å². The fourth-order valence-electron chi connectivity index (χ4n) is 9.86. The fourth-order valence-corrected chi connectivity index (χ4v) is 9.86. The van der Waals surface area contributed by atoms with Crippen LogP contribution in [-0.4, -0.2) is 73.9 Å². The van der Waals surface area contributed by atoms with Crippen LogP contribution in [0.15, 0.2) is 105 Å². The SMILES string of the molecule is COc1cc2nc(CCn3c(=O)n4n(c3=O)C3CC5C(=O)N(Nc6ccc(C)cc6)C(=O)C5(c5ccccc5)C(c5c(OC)cc(O)cc5OC)C3=CC4)c(=O)n(C)c2cc1OC. The number of carbonyl (C=O) groups is 2. The first-order valence-corrected chi connectivity index (χ1v) is 20.3. The summed E-state index contributed by atoms with van der Waals surface area (Å²) in [4.78, 5) is 77.9. The van der Waals surface area contributed by atoms with E-state index in [1.54, 1.807) is 55.6 Å². The van der Waals surface area contributed by atoms with Gasteiger partial charge in [-0.05, 0) is 36.6 Å². The highest BCUT2D eigenvalue weighted by atomic mass is 16.5. The third-order valence-electron chi connectivity index (χ3n) is 12.8. The summed E-state index contributed by atoms with van der Waals surface area (Å²) in [5, 5.41) is 11.9. The van der Waals surface area contributed by atoms with E-state index < -0.39 is 52.0 Å². The zero-order valence-corrected chi connectivity index (χ0v) is 35.4. The topological polar surface area (TPSA) is 190 Å². The molecule has 1 saturated carbocycles. The number of phenols is 1. The van der Waals surface area contributed by atoms with Crippen LogP contribution in [-0.2, 0) is 41.6 Å². The van der Waals surface area contributed by atoms with Gasteiger partial charge in [-0.15, -0.1) is 0 Å². The molecule has 4 atom stereocenters. The molecule has 324 valence electrons. The second kappa shape index (κ2) is 15.4. The third kappa shape index (κ3) is 6.12. The number of hydrogen-bond donors (Lipinski definition) is 2. The molecule has 6 aromatic rings. The molecule has 4 aromatic carbocycles. The van der Waals surface area contributed by atoms with E-state index in [1.807, 2.05) is 31.2 Å². The summed E-state index contributed by atoms with van der Waals surface area (Å²) in [5.74, 6) is -2.15. The normalized spacial score (nSPS) is 20.2. The summed E-state index contributed by atoms with van der Waals surface area (Å²) in [6.45, 7) is 1.69. The van der Waals surface area contributed by atoms with Gasteiger partial charge >= 0.3 is 11.4 Å². The monoisotopic (exact) mass is 855 g/mol. The van der Waals surface area contributed by atoms with Gasteiger partial charge in [0.25, 0.3) is 17.4 Å². The van der Waals surface area contributed by atoms with Gasteiger partial charge in [0.2, 0.25) is 0 Å². The molecule has 0 spiro atoms. The number of fused-ring (bicyclic) bond motifs is 5. The first-order chi connectivity index (χ1) is 30.4. The van der Waals surface area contributed by atoms with Crippen LogP contribution in [0.5, 0.6) is 28.7 Å². The Kier molecular flexibility index (Phi) is 9.99. The number of carbonyl (C=O) groups excluding carboxylic acids is 2. The minimum absolute atomic E-state index is 0.0436. The average molecular weight is 856 g/mol. The molecular formula is C46H45N7O10. The number of nitrogens with zero attached hydrogens (tertiary/aromatic N) is 6. The first-order valence-electron chi connectivity index (χ1n) is 20.3. The summed E-state index contributed by atoms with van der Waals surface area (Å²) in [6, 6.07) is 21.5. The maximum Gasteiger partial charge on any atom is 0.347 e. The molecule has 1 saturated heterocycles. The molecule has 17 heteroatoms. The van der Waals surface area contributed by atoms with Gasteiger partial charge in [-0.2, -0.15) is 5.01 Å². The maximum atomic E-state index is 15.6. The van der Waals surface area contributed by atoms with Crippen molar-refractivity contribution in [2.24, 2.45) is 13.0 Å². The highest BCUT2D eigenvalue weighted by molar-refractivity contribution is 6.13. The number of phenolic OH excluding ortho intramolecular Hbond substituents is 1. The third-order valence-corrected chi connectivity index (χ3v) is 12.8. The molecule has 2 fully saturated rings. The quantitative estimate of drug-likeness (QED) is 0.141. The Hall–Kier alpha value is -7.56. The van der Waals surface area contributed by atoms with E-state index in [0.717, 1.165) is 15.1 Å². The van der Waals surface area contributed by atoms with Crippen LogP contribution in [0.2, 0.25) is 0 Å². The van der Waals surface area contributed by atoms with Gasteiger partial charge in [-0.1, -0.05) is 54.1 Å². The number of imide groups is 1. The summed E-state index contributed by atoms with van der Waals surface area (Å²) in [7, 11) is 7.45. The minimum Gasteiger partial charge on any atom is -0.508 e. The number of methoxy groups -OCH3 is 4. The molecule has 2 N–H and O–H groups in total. The summed E-state index contributed by atoms with van der Waals surface area (Å²) in [5.41, 5.74) is 3.82. The van der Waals surface area contributed by atoms with Crippen LogP contribution < -0.4 is 41.3 Å². The number of anilines is 1. The van der Waals surface area contributed by atoms with Gasteiger partial charge in [0, 0.05) is 55.8 Å². The van der Waals surface area contributed by atoms with E-state index in [4.69, 9.17) is 18.9 Å². The van der Waals surface area contributed by atoms with Crippen LogP contribution in [0.4, 0.5) is 5.69 Å². The van der Waals surface area contributed by atoms with Crippen molar-refractivity contribution in [2.45, 2.75) is 50.2 Å². The molecule has 2 aliphatic heterocycles. The minimum atomic E-state index is -1.64. The molecule has 0 radical (unpaired) electrons. The lowest BCUT2D eigenvalue weighted by atomic mass is 9.53. The van der Waals surface area contributed by atoms with E-state index in [9.17, 15) is 19.5 Å². The fraction of sp³-hybridized carbons (Fsp3) is 0.304. The lowest BCUT2D eigenvalue weighted by molar-refractivity contribution is -0.138. The Bertz CT molecular complexity index is 3030. The molecule has 17 nitrogen and oxygen atoms in total. The summed E-state index contributed by atoms with van der Waals surface area (Å²) < 4.78 is 27.9. The van der Waals surface area contributed by atoms with E-state index >= 15 is 9.59 Å². The second-order valence-electron chi connectivity index (χ2n) is 15.9. The number of amides is 2. The number of rotatable bonds is 11. The number of aromatic hydroxyl groups is 1. The van der Waals surface area contributed by atoms with E-state index in [-0.39, 0.29) is 48.9 Å². The molecule has 63 heavy (non-hydrogen) atoms. The van der Waals surface area contributed by atoms with Crippen molar-refractivity contribution in [3.8, 4) is 28.7 Å². The lowest BCUT2D eigenvalue weighted by Crippen LogP contribution is -2.53. The van der Waals surface area contributed by atoms with E-state index in [2.05, 4.69) is 10.4 Å². The Morgan fingerprint density at radius 2 is 1.48 bits per heavy atom.